The van der Waals surface area contributed by atoms with Gasteiger partial charge in [0.15, 0.2) is 0 Å². The summed E-state index contributed by atoms with van der Waals surface area (Å²) in [6.07, 6.45) is 0.616. The molecule has 2 N–H and O–H groups in total. The number of hydrogen-bond acceptors (Lipinski definition) is 2. The Bertz CT molecular complexity index is 796. The lowest BCUT2D eigenvalue weighted by Crippen LogP contribution is -2.37. The Hall–Kier alpha value is -2.46. The van der Waals surface area contributed by atoms with Crippen LogP contribution in [-0.2, 0) is 6.42 Å². The van der Waals surface area contributed by atoms with Crippen LogP contribution in [0.25, 0.3) is 11.0 Å². The molecule has 1 aromatic heterocycles. The summed E-state index contributed by atoms with van der Waals surface area (Å²) >= 11 is 6.02. The number of rotatable bonds is 4. The first kappa shape index (κ1) is 15.4. The zero-order chi connectivity index (χ0) is 16.2. The fourth-order valence-electron chi connectivity index (χ4n) is 2.44. The summed E-state index contributed by atoms with van der Waals surface area (Å²) in [5.74, 6) is 0.844. The van der Waals surface area contributed by atoms with Gasteiger partial charge in [0.05, 0.1) is 10.7 Å². The Kier molecular flexibility index (Phi) is 4.53. The zero-order valence-electron chi connectivity index (χ0n) is 12.7. The molecule has 0 saturated heterocycles. The van der Waals surface area contributed by atoms with E-state index in [0.29, 0.717) is 17.1 Å². The van der Waals surface area contributed by atoms with Gasteiger partial charge in [0.2, 0.25) is 0 Å². The second kappa shape index (κ2) is 6.75. The second-order valence-electron chi connectivity index (χ2n) is 5.43. The highest BCUT2D eigenvalue weighted by Crippen LogP contribution is 2.21. The molecule has 3 rings (SSSR count). The number of para-hydroxylation sites is 2. The molecule has 0 radical (unpaired) electrons. The molecule has 0 bridgehead atoms. The van der Waals surface area contributed by atoms with E-state index in [1.807, 2.05) is 49.4 Å². The minimum Gasteiger partial charge on any atom is -0.461 e. The molecule has 1 heterocycles. The van der Waals surface area contributed by atoms with E-state index in [9.17, 15) is 4.79 Å². The van der Waals surface area contributed by atoms with Crippen molar-refractivity contribution in [3.8, 4) is 0 Å². The van der Waals surface area contributed by atoms with E-state index < -0.39 is 0 Å². The first-order valence-electron chi connectivity index (χ1n) is 7.41. The summed E-state index contributed by atoms with van der Waals surface area (Å²) in [6, 6.07) is 16.6. The Morgan fingerprint density at radius 3 is 2.70 bits per heavy atom. The highest BCUT2D eigenvalue weighted by Gasteiger charge is 2.12. The molecule has 2 amide bonds. The van der Waals surface area contributed by atoms with Gasteiger partial charge in [0, 0.05) is 17.8 Å². The third kappa shape index (κ3) is 3.85. The van der Waals surface area contributed by atoms with Crippen LogP contribution in [0, 0.1) is 0 Å². The maximum atomic E-state index is 12.0. The van der Waals surface area contributed by atoms with Crippen LogP contribution in [0.1, 0.15) is 12.7 Å². The average molecular weight is 329 g/mol. The number of nitrogens with one attached hydrogen (secondary N) is 2. The van der Waals surface area contributed by atoms with E-state index >= 15 is 0 Å². The molecule has 4 nitrogen and oxygen atoms in total. The lowest BCUT2D eigenvalue weighted by Gasteiger charge is -2.14. The fraction of sp³-hybridized carbons (Fsp3) is 0.167. The topological polar surface area (TPSA) is 54.3 Å². The summed E-state index contributed by atoms with van der Waals surface area (Å²) in [4.78, 5) is 12.0. The Morgan fingerprint density at radius 2 is 1.91 bits per heavy atom. The third-order valence-electron chi connectivity index (χ3n) is 3.48. The predicted molar refractivity (Wildman–Crippen MR) is 93.0 cm³/mol. The highest BCUT2D eigenvalue weighted by atomic mass is 35.5. The summed E-state index contributed by atoms with van der Waals surface area (Å²) in [5, 5.41) is 7.19. The Morgan fingerprint density at radius 1 is 1.17 bits per heavy atom. The van der Waals surface area contributed by atoms with E-state index in [4.69, 9.17) is 16.0 Å². The van der Waals surface area contributed by atoms with E-state index in [1.165, 1.54) is 0 Å². The maximum absolute atomic E-state index is 12.0. The van der Waals surface area contributed by atoms with Crippen LogP contribution in [-0.4, -0.2) is 12.1 Å². The number of benzene rings is 2. The molecule has 3 aromatic rings. The standard InChI is InChI=1S/C18H17ClN2O2/c1-12(10-14-11-13-6-2-5-9-17(13)23-14)20-18(22)21-16-8-4-3-7-15(16)19/h2-9,11-12H,10H2,1H3,(H2,20,21,22). The van der Waals surface area contributed by atoms with Crippen LogP contribution in [0.15, 0.2) is 59.0 Å². The number of carbonyl (C=O) groups excluding carboxylic acids is 1. The van der Waals surface area contributed by atoms with Crippen LogP contribution in [0.4, 0.5) is 10.5 Å². The van der Waals surface area contributed by atoms with Crippen molar-refractivity contribution in [3.63, 3.8) is 0 Å². The minimum absolute atomic E-state index is 0.0713. The number of fused-ring (bicyclic) bond motifs is 1. The van der Waals surface area contributed by atoms with E-state index in [-0.39, 0.29) is 12.1 Å². The Labute approximate surface area is 139 Å². The molecule has 1 unspecified atom stereocenters. The lowest BCUT2D eigenvalue weighted by atomic mass is 10.2. The Balaban J connectivity index is 1.59. The molecule has 5 heteroatoms. The monoisotopic (exact) mass is 328 g/mol. The lowest BCUT2D eigenvalue weighted by molar-refractivity contribution is 0.249. The van der Waals surface area contributed by atoms with Gasteiger partial charge in [-0.3, -0.25) is 0 Å². The molecule has 1 atom stereocenters. The molecule has 0 aliphatic carbocycles. The molecule has 0 aliphatic heterocycles. The van der Waals surface area contributed by atoms with Crippen LogP contribution in [0.2, 0.25) is 5.02 Å². The molecule has 23 heavy (non-hydrogen) atoms. The predicted octanol–water partition coefficient (Wildman–Crippen LogP) is 4.84. The fourth-order valence-corrected chi connectivity index (χ4v) is 2.62. The third-order valence-corrected chi connectivity index (χ3v) is 3.81. The largest absolute Gasteiger partial charge is 0.461 e. The minimum atomic E-state index is -0.290. The molecule has 0 aliphatic rings. The van der Waals surface area contributed by atoms with Gasteiger partial charge >= 0.3 is 6.03 Å². The van der Waals surface area contributed by atoms with Crippen molar-refractivity contribution in [1.29, 1.82) is 0 Å². The van der Waals surface area contributed by atoms with Crippen molar-refractivity contribution in [1.82, 2.24) is 5.32 Å². The van der Waals surface area contributed by atoms with Crippen molar-refractivity contribution in [2.45, 2.75) is 19.4 Å². The second-order valence-corrected chi connectivity index (χ2v) is 5.84. The van der Waals surface area contributed by atoms with Gasteiger partial charge in [-0.05, 0) is 31.2 Å². The highest BCUT2D eigenvalue weighted by molar-refractivity contribution is 6.33. The molecule has 118 valence electrons. The van der Waals surface area contributed by atoms with E-state index in [0.717, 1.165) is 16.7 Å². The summed E-state index contributed by atoms with van der Waals surface area (Å²) in [7, 11) is 0. The molecular weight excluding hydrogens is 312 g/mol. The van der Waals surface area contributed by atoms with Crippen LogP contribution in [0.5, 0.6) is 0 Å². The first-order valence-corrected chi connectivity index (χ1v) is 7.79. The van der Waals surface area contributed by atoms with Gasteiger partial charge in [0.1, 0.15) is 11.3 Å². The van der Waals surface area contributed by atoms with E-state index in [1.54, 1.807) is 12.1 Å². The van der Waals surface area contributed by atoms with Gasteiger partial charge in [-0.15, -0.1) is 0 Å². The number of urea groups is 1. The van der Waals surface area contributed by atoms with Gasteiger partial charge < -0.3 is 15.1 Å². The van der Waals surface area contributed by atoms with Crippen molar-refractivity contribution >= 4 is 34.3 Å². The normalized spacial score (nSPS) is 12.1. The molecule has 2 aromatic carbocycles. The number of halogens is 1. The molecular formula is C18H17ClN2O2. The maximum Gasteiger partial charge on any atom is 0.319 e. The van der Waals surface area contributed by atoms with Crippen molar-refractivity contribution < 1.29 is 9.21 Å². The molecule has 0 fully saturated rings. The van der Waals surface area contributed by atoms with Crippen molar-refractivity contribution in [2.24, 2.45) is 0 Å². The first-order chi connectivity index (χ1) is 11.1. The van der Waals surface area contributed by atoms with Crippen molar-refractivity contribution in [3.05, 3.63) is 65.4 Å². The van der Waals surface area contributed by atoms with Gasteiger partial charge in [-0.25, -0.2) is 4.79 Å². The average Bonchev–Trinajstić information content (AvgIpc) is 2.91. The van der Waals surface area contributed by atoms with Crippen molar-refractivity contribution in [2.75, 3.05) is 5.32 Å². The SMILES string of the molecule is CC(Cc1cc2ccccc2o1)NC(=O)Nc1ccccc1Cl. The summed E-state index contributed by atoms with van der Waals surface area (Å²) < 4.78 is 5.76. The number of anilines is 1. The number of furan rings is 1. The van der Waals surface area contributed by atoms with Crippen LogP contribution in [0.3, 0.4) is 0 Å². The van der Waals surface area contributed by atoms with Gasteiger partial charge in [-0.2, -0.15) is 0 Å². The number of amides is 2. The number of hydrogen-bond donors (Lipinski definition) is 2. The van der Waals surface area contributed by atoms with Crippen LogP contribution < -0.4 is 10.6 Å². The smallest absolute Gasteiger partial charge is 0.319 e. The number of carbonyl (C=O) groups is 1. The summed E-state index contributed by atoms with van der Waals surface area (Å²) in [5.41, 5.74) is 1.44. The molecule has 0 saturated carbocycles. The van der Waals surface area contributed by atoms with Gasteiger partial charge in [-0.1, -0.05) is 41.9 Å². The van der Waals surface area contributed by atoms with Gasteiger partial charge in [0.25, 0.3) is 0 Å². The van der Waals surface area contributed by atoms with Crippen LogP contribution >= 0.6 is 11.6 Å². The zero-order valence-corrected chi connectivity index (χ0v) is 13.4. The van der Waals surface area contributed by atoms with E-state index in [2.05, 4.69) is 10.6 Å². The summed E-state index contributed by atoms with van der Waals surface area (Å²) in [6.45, 7) is 1.93. The quantitative estimate of drug-likeness (QED) is 0.720. The molecule has 0 spiro atoms.